The molecule has 0 saturated carbocycles. The van der Waals surface area contributed by atoms with Gasteiger partial charge in [0.15, 0.2) is 0 Å². The molecule has 0 aliphatic rings. The zero-order valence-corrected chi connectivity index (χ0v) is 19.0. The minimum Gasteiger partial charge on any atom is -0.492 e. The Hall–Kier alpha value is -3.30. The lowest BCUT2D eigenvalue weighted by Crippen LogP contribution is -2.15. The summed E-state index contributed by atoms with van der Waals surface area (Å²) in [5.74, 6) is 0.714. The van der Waals surface area contributed by atoms with Crippen LogP contribution in [0.2, 0.25) is 0 Å². The van der Waals surface area contributed by atoms with Gasteiger partial charge in [-0.3, -0.25) is 4.79 Å². The Bertz CT molecular complexity index is 1180. The highest BCUT2D eigenvalue weighted by atomic mass is 32.2. The highest BCUT2D eigenvalue weighted by Crippen LogP contribution is 2.33. The summed E-state index contributed by atoms with van der Waals surface area (Å²) in [6.07, 6.45) is 0. The lowest BCUT2D eigenvalue weighted by atomic mass is 10.3. The third-order valence-electron chi connectivity index (χ3n) is 4.30. The van der Waals surface area contributed by atoms with E-state index in [9.17, 15) is 4.79 Å². The van der Waals surface area contributed by atoms with Crippen LogP contribution in [0, 0.1) is 0 Å². The summed E-state index contributed by atoms with van der Waals surface area (Å²) in [5, 5.41) is 15.4. The number of hydrogen-bond acceptors (Lipinski definition) is 7. The topological polar surface area (TPSA) is 81.9 Å². The van der Waals surface area contributed by atoms with Crippen LogP contribution in [0.1, 0.15) is 6.92 Å². The van der Waals surface area contributed by atoms with Crippen molar-refractivity contribution in [2.45, 2.75) is 21.9 Å². The number of tetrazole rings is 1. The van der Waals surface area contributed by atoms with Crippen LogP contribution in [-0.4, -0.2) is 38.5 Å². The molecular weight excluding hydrogens is 442 g/mol. The van der Waals surface area contributed by atoms with E-state index >= 15 is 0 Å². The number of hydrogen-bond donors (Lipinski definition) is 1. The van der Waals surface area contributed by atoms with Gasteiger partial charge in [-0.1, -0.05) is 66.0 Å². The number of carbonyl (C=O) groups is 1. The molecule has 0 saturated heterocycles. The Labute approximate surface area is 194 Å². The number of ether oxygens (including phenoxy) is 1. The van der Waals surface area contributed by atoms with E-state index < -0.39 is 0 Å². The summed E-state index contributed by atoms with van der Waals surface area (Å²) in [5.41, 5.74) is 1.50. The normalized spacial score (nSPS) is 10.7. The van der Waals surface area contributed by atoms with Gasteiger partial charge in [0.2, 0.25) is 11.1 Å². The van der Waals surface area contributed by atoms with Crippen molar-refractivity contribution >= 4 is 35.1 Å². The molecule has 4 rings (SSSR count). The Morgan fingerprint density at radius 3 is 2.59 bits per heavy atom. The third kappa shape index (κ3) is 5.49. The van der Waals surface area contributed by atoms with Crippen molar-refractivity contribution in [3.63, 3.8) is 0 Å². The summed E-state index contributed by atoms with van der Waals surface area (Å²) >= 11 is 2.87. The molecule has 7 nitrogen and oxygen atoms in total. The van der Waals surface area contributed by atoms with Crippen LogP contribution in [0.5, 0.6) is 5.75 Å². The monoisotopic (exact) mass is 463 g/mol. The standard InChI is InChI=1S/C23H21N5O2S2/c1-2-30-20-14-8-7-13-19(20)28-23(25-26-27-28)31-16-22(29)24-18-12-6-9-15-21(18)32-17-10-4-3-5-11-17/h3-15H,2,16H2,1H3,(H,24,29). The zero-order valence-electron chi connectivity index (χ0n) is 17.3. The number of benzene rings is 3. The minimum absolute atomic E-state index is 0.135. The Kier molecular flexibility index (Phi) is 7.42. The molecule has 3 aromatic carbocycles. The van der Waals surface area contributed by atoms with E-state index in [2.05, 4.69) is 20.8 Å². The van der Waals surface area contributed by atoms with Crippen LogP contribution < -0.4 is 10.1 Å². The molecule has 0 bridgehead atoms. The number of para-hydroxylation sites is 3. The molecule has 0 spiro atoms. The first-order valence-electron chi connectivity index (χ1n) is 9.99. The van der Waals surface area contributed by atoms with Crippen LogP contribution >= 0.6 is 23.5 Å². The SMILES string of the molecule is CCOc1ccccc1-n1nnnc1SCC(=O)Nc1ccccc1Sc1ccccc1. The second-order valence-electron chi connectivity index (χ2n) is 6.52. The molecule has 0 atom stereocenters. The second-order valence-corrected chi connectivity index (χ2v) is 8.58. The molecule has 0 aliphatic carbocycles. The minimum atomic E-state index is -0.135. The molecule has 4 aromatic rings. The Morgan fingerprint density at radius 2 is 1.75 bits per heavy atom. The van der Waals surface area contributed by atoms with Gasteiger partial charge in [-0.15, -0.1) is 5.10 Å². The lowest BCUT2D eigenvalue weighted by Gasteiger charge is -2.11. The van der Waals surface area contributed by atoms with Crippen molar-refractivity contribution in [1.82, 2.24) is 20.2 Å². The fourth-order valence-electron chi connectivity index (χ4n) is 2.92. The molecule has 9 heteroatoms. The first kappa shape index (κ1) is 21.9. The first-order valence-corrected chi connectivity index (χ1v) is 11.8. The number of amides is 1. The van der Waals surface area contributed by atoms with Crippen molar-refractivity contribution in [2.24, 2.45) is 0 Å². The quantitative estimate of drug-likeness (QED) is 0.352. The molecule has 32 heavy (non-hydrogen) atoms. The van der Waals surface area contributed by atoms with Gasteiger partial charge < -0.3 is 10.1 Å². The van der Waals surface area contributed by atoms with E-state index in [4.69, 9.17) is 4.74 Å². The highest BCUT2D eigenvalue weighted by molar-refractivity contribution is 8.00. The van der Waals surface area contributed by atoms with Gasteiger partial charge >= 0.3 is 0 Å². The number of nitrogens with zero attached hydrogens (tertiary/aromatic N) is 4. The van der Waals surface area contributed by atoms with Gasteiger partial charge in [0, 0.05) is 9.79 Å². The molecule has 0 unspecified atom stereocenters. The zero-order chi connectivity index (χ0) is 22.2. The van der Waals surface area contributed by atoms with Gasteiger partial charge in [0.1, 0.15) is 11.4 Å². The maximum atomic E-state index is 12.7. The Morgan fingerprint density at radius 1 is 1.00 bits per heavy atom. The number of rotatable bonds is 9. The second kappa shape index (κ2) is 10.8. The fourth-order valence-corrected chi connectivity index (χ4v) is 4.53. The maximum absolute atomic E-state index is 12.7. The Balaban J connectivity index is 1.43. The number of carbonyl (C=O) groups excluding carboxylic acids is 1. The van der Waals surface area contributed by atoms with E-state index in [0.717, 1.165) is 21.2 Å². The van der Waals surface area contributed by atoms with Crippen molar-refractivity contribution in [3.8, 4) is 11.4 Å². The summed E-state index contributed by atoms with van der Waals surface area (Å²) in [7, 11) is 0. The van der Waals surface area contributed by atoms with E-state index in [-0.39, 0.29) is 11.7 Å². The smallest absolute Gasteiger partial charge is 0.234 e. The fraction of sp³-hybridized carbons (Fsp3) is 0.130. The van der Waals surface area contributed by atoms with Crippen LogP contribution in [0.3, 0.4) is 0 Å². The predicted octanol–water partition coefficient (Wildman–Crippen LogP) is 4.94. The van der Waals surface area contributed by atoms with E-state index in [1.807, 2.05) is 85.8 Å². The molecule has 162 valence electrons. The van der Waals surface area contributed by atoms with Crippen molar-refractivity contribution in [1.29, 1.82) is 0 Å². The summed E-state index contributed by atoms with van der Waals surface area (Å²) in [6.45, 7) is 2.45. The molecule has 1 heterocycles. The van der Waals surface area contributed by atoms with Crippen LogP contribution in [-0.2, 0) is 4.79 Å². The van der Waals surface area contributed by atoms with Crippen molar-refractivity contribution in [2.75, 3.05) is 17.7 Å². The van der Waals surface area contributed by atoms with Gasteiger partial charge in [0.05, 0.1) is 18.0 Å². The number of aromatic nitrogens is 4. The average molecular weight is 464 g/mol. The molecule has 0 aliphatic heterocycles. The van der Waals surface area contributed by atoms with Crippen LogP contribution in [0.4, 0.5) is 5.69 Å². The lowest BCUT2D eigenvalue weighted by molar-refractivity contribution is -0.113. The number of nitrogens with one attached hydrogen (secondary N) is 1. The molecule has 0 radical (unpaired) electrons. The number of thioether (sulfide) groups is 1. The van der Waals surface area contributed by atoms with E-state index in [1.54, 1.807) is 16.4 Å². The van der Waals surface area contributed by atoms with Gasteiger partial charge in [0.25, 0.3) is 0 Å². The average Bonchev–Trinajstić information content (AvgIpc) is 3.29. The predicted molar refractivity (Wildman–Crippen MR) is 127 cm³/mol. The first-order chi connectivity index (χ1) is 15.7. The van der Waals surface area contributed by atoms with Crippen molar-refractivity contribution < 1.29 is 9.53 Å². The largest absolute Gasteiger partial charge is 0.492 e. The highest BCUT2D eigenvalue weighted by Gasteiger charge is 2.15. The molecule has 1 amide bonds. The molecule has 1 aromatic heterocycles. The van der Waals surface area contributed by atoms with Gasteiger partial charge in [-0.2, -0.15) is 4.68 Å². The van der Waals surface area contributed by atoms with Gasteiger partial charge in [-0.05, 0) is 53.7 Å². The summed E-state index contributed by atoms with van der Waals surface area (Å²) < 4.78 is 7.26. The summed E-state index contributed by atoms with van der Waals surface area (Å²) in [4.78, 5) is 14.8. The van der Waals surface area contributed by atoms with Crippen LogP contribution in [0.15, 0.2) is 93.8 Å². The third-order valence-corrected chi connectivity index (χ3v) is 6.30. The summed E-state index contributed by atoms with van der Waals surface area (Å²) in [6, 6.07) is 25.3. The number of anilines is 1. The van der Waals surface area contributed by atoms with E-state index in [1.165, 1.54) is 11.8 Å². The molecule has 0 fully saturated rings. The van der Waals surface area contributed by atoms with Gasteiger partial charge in [-0.25, -0.2) is 0 Å². The van der Waals surface area contributed by atoms with Crippen molar-refractivity contribution in [3.05, 3.63) is 78.9 Å². The van der Waals surface area contributed by atoms with Crippen LogP contribution in [0.25, 0.3) is 5.69 Å². The van der Waals surface area contributed by atoms with E-state index in [0.29, 0.717) is 17.5 Å². The molecule has 1 N–H and O–H groups in total. The maximum Gasteiger partial charge on any atom is 0.234 e. The molecular formula is C23H21N5O2S2.